The van der Waals surface area contributed by atoms with Crippen LogP contribution in [0, 0.1) is 17.8 Å². The van der Waals surface area contributed by atoms with Gasteiger partial charge < -0.3 is 5.11 Å². The van der Waals surface area contributed by atoms with Crippen LogP contribution in [-0.2, 0) is 5.60 Å². The lowest BCUT2D eigenvalue weighted by molar-refractivity contribution is -0.0673. The lowest BCUT2D eigenvalue weighted by Gasteiger charge is -2.46. The smallest absolute Gasteiger partial charge is 0.0927 e. The molecule has 0 bridgehead atoms. The molecule has 5 unspecified atom stereocenters. The molecule has 1 fully saturated rings. The quantitative estimate of drug-likeness (QED) is 0.775. The number of hydrogen-bond acceptors (Lipinski definition) is 1. The van der Waals surface area contributed by atoms with Crippen LogP contribution in [-0.4, -0.2) is 5.11 Å². The Hall–Kier alpha value is -0.820. The van der Waals surface area contributed by atoms with E-state index in [0.29, 0.717) is 11.8 Å². The molecule has 1 heteroatoms. The van der Waals surface area contributed by atoms with Crippen LogP contribution < -0.4 is 0 Å². The monoisotopic (exact) mass is 272 g/mol. The second-order valence-corrected chi connectivity index (χ2v) is 7.42. The first kappa shape index (κ1) is 14.1. The van der Waals surface area contributed by atoms with Crippen molar-refractivity contribution in [2.45, 2.75) is 64.4 Å². The van der Waals surface area contributed by atoms with E-state index in [2.05, 4.69) is 45.0 Å². The van der Waals surface area contributed by atoms with Gasteiger partial charge in [-0.25, -0.2) is 0 Å². The first-order valence-electron chi connectivity index (χ1n) is 8.34. The summed E-state index contributed by atoms with van der Waals surface area (Å²) < 4.78 is 0. The third-order valence-corrected chi connectivity index (χ3v) is 6.19. The summed E-state index contributed by atoms with van der Waals surface area (Å²) in [6.07, 6.45) is 5.70. The molecule has 0 spiro atoms. The molecule has 2 aliphatic rings. The highest BCUT2D eigenvalue weighted by atomic mass is 16.3. The summed E-state index contributed by atoms with van der Waals surface area (Å²) in [5, 5.41) is 11.5. The van der Waals surface area contributed by atoms with E-state index in [0.717, 1.165) is 24.7 Å². The Morgan fingerprint density at radius 2 is 1.75 bits per heavy atom. The molecule has 0 saturated heterocycles. The van der Waals surface area contributed by atoms with Crippen molar-refractivity contribution in [2.24, 2.45) is 17.8 Å². The summed E-state index contributed by atoms with van der Waals surface area (Å²) in [5.74, 6) is 2.59. The van der Waals surface area contributed by atoms with Crippen LogP contribution in [0.5, 0.6) is 0 Å². The first-order chi connectivity index (χ1) is 9.52. The summed E-state index contributed by atoms with van der Waals surface area (Å²) in [7, 11) is 0. The van der Waals surface area contributed by atoms with Crippen molar-refractivity contribution in [3.8, 4) is 0 Å². The minimum absolute atomic E-state index is 0.447. The van der Waals surface area contributed by atoms with Crippen LogP contribution in [0.1, 0.15) is 69.9 Å². The fraction of sp³-hybridized carbons (Fsp3) is 0.684. The molecule has 0 heterocycles. The van der Waals surface area contributed by atoms with E-state index in [1.165, 1.54) is 30.4 Å². The van der Waals surface area contributed by atoms with Crippen molar-refractivity contribution in [2.75, 3.05) is 0 Å². The second kappa shape index (κ2) is 5.18. The largest absolute Gasteiger partial charge is 0.385 e. The Morgan fingerprint density at radius 1 is 1.00 bits per heavy atom. The van der Waals surface area contributed by atoms with Crippen LogP contribution >= 0.6 is 0 Å². The Kier molecular flexibility index (Phi) is 3.66. The SMILES string of the molecule is CC1CCC(O)(C2CCC(C)C(C)C2)c2ccccc21. The van der Waals surface area contributed by atoms with Gasteiger partial charge in [0.1, 0.15) is 0 Å². The van der Waals surface area contributed by atoms with E-state index in [1.54, 1.807) is 0 Å². The lowest BCUT2D eigenvalue weighted by Crippen LogP contribution is -2.42. The van der Waals surface area contributed by atoms with Crippen molar-refractivity contribution in [3.05, 3.63) is 35.4 Å². The summed E-state index contributed by atoms with van der Waals surface area (Å²) in [6.45, 7) is 7.02. The molecule has 1 aromatic carbocycles. The van der Waals surface area contributed by atoms with E-state index >= 15 is 0 Å². The van der Waals surface area contributed by atoms with Gasteiger partial charge in [-0.3, -0.25) is 0 Å². The predicted molar refractivity (Wildman–Crippen MR) is 83.7 cm³/mol. The fourth-order valence-electron chi connectivity index (χ4n) is 4.45. The van der Waals surface area contributed by atoms with Gasteiger partial charge in [-0.15, -0.1) is 0 Å². The van der Waals surface area contributed by atoms with Gasteiger partial charge in [-0.2, -0.15) is 0 Å². The van der Waals surface area contributed by atoms with Crippen LogP contribution in [0.15, 0.2) is 24.3 Å². The van der Waals surface area contributed by atoms with E-state index < -0.39 is 5.60 Å². The molecule has 1 saturated carbocycles. The Morgan fingerprint density at radius 3 is 2.50 bits per heavy atom. The average Bonchev–Trinajstić information content (AvgIpc) is 2.46. The van der Waals surface area contributed by atoms with Gasteiger partial charge in [0.2, 0.25) is 0 Å². The Balaban J connectivity index is 1.94. The van der Waals surface area contributed by atoms with Crippen molar-refractivity contribution in [3.63, 3.8) is 0 Å². The molecule has 5 atom stereocenters. The van der Waals surface area contributed by atoms with Gasteiger partial charge in [-0.1, -0.05) is 51.5 Å². The Bertz CT molecular complexity index is 480. The van der Waals surface area contributed by atoms with Crippen molar-refractivity contribution in [1.82, 2.24) is 0 Å². The third-order valence-electron chi connectivity index (χ3n) is 6.19. The molecule has 20 heavy (non-hydrogen) atoms. The molecule has 0 aliphatic heterocycles. The molecule has 3 rings (SSSR count). The number of benzene rings is 1. The Labute approximate surface area is 123 Å². The lowest BCUT2D eigenvalue weighted by atomic mass is 9.62. The van der Waals surface area contributed by atoms with Gasteiger partial charge in [0.25, 0.3) is 0 Å². The minimum atomic E-state index is -0.572. The average molecular weight is 272 g/mol. The van der Waals surface area contributed by atoms with Crippen LogP contribution in [0.25, 0.3) is 0 Å². The van der Waals surface area contributed by atoms with E-state index in [-0.39, 0.29) is 0 Å². The molecule has 1 nitrogen and oxygen atoms in total. The molecular weight excluding hydrogens is 244 g/mol. The molecular formula is C19H28O. The predicted octanol–water partition coefficient (Wildman–Crippen LogP) is 4.84. The molecule has 1 aromatic rings. The maximum absolute atomic E-state index is 11.5. The highest BCUT2D eigenvalue weighted by molar-refractivity contribution is 5.38. The van der Waals surface area contributed by atoms with E-state index in [4.69, 9.17) is 0 Å². The van der Waals surface area contributed by atoms with Crippen LogP contribution in [0.2, 0.25) is 0 Å². The zero-order valence-electron chi connectivity index (χ0n) is 13.1. The zero-order valence-corrected chi connectivity index (χ0v) is 13.1. The summed E-state index contributed by atoms with van der Waals surface area (Å²) in [4.78, 5) is 0. The number of fused-ring (bicyclic) bond motifs is 1. The van der Waals surface area contributed by atoms with Crippen molar-refractivity contribution < 1.29 is 5.11 Å². The molecule has 0 radical (unpaired) electrons. The van der Waals surface area contributed by atoms with Gasteiger partial charge in [0.15, 0.2) is 0 Å². The zero-order chi connectivity index (χ0) is 14.3. The highest BCUT2D eigenvalue weighted by Crippen LogP contribution is 2.50. The van der Waals surface area contributed by atoms with Crippen molar-refractivity contribution in [1.29, 1.82) is 0 Å². The molecule has 110 valence electrons. The van der Waals surface area contributed by atoms with Crippen molar-refractivity contribution >= 4 is 0 Å². The maximum atomic E-state index is 11.5. The highest BCUT2D eigenvalue weighted by Gasteiger charge is 2.44. The third kappa shape index (κ3) is 2.20. The topological polar surface area (TPSA) is 20.2 Å². The first-order valence-corrected chi connectivity index (χ1v) is 8.34. The van der Waals surface area contributed by atoms with Gasteiger partial charge >= 0.3 is 0 Å². The fourth-order valence-corrected chi connectivity index (χ4v) is 4.45. The van der Waals surface area contributed by atoms with Gasteiger partial charge in [0, 0.05) is 0 Å². The van der Waals surface area contributed by atoms with Gasteiger partial charge in [0.05, 0.1) is 5.60 Å². The maximum Gasteiger partial charge on any atom is 0.0927 e. The van der Waals surface area contributed by atoms with Gasteiger partial charge in [-0.05, 0) is 60.5 Å². The number of aliphatic hydroxyl groups is 1. The minimum Gasteiger partial charge on any atom is -0.385 e. The standard InChI is InChI=1S/C19H28O/c1-13-8-9-16(12-15(13)3)19(20)11-10-14(2)17-6-4-5-7-18(17)19/h4-7,13-16,20H,8-12H2,1-3H3. The second-order valence-electron chi connectivity index (χ2n) is 7.42. The summed E-state index contributed by atoms with van der Waals surface area (Å²) in [6, 6.07) is 8.61. The van der Waals surface area contributed by atoms with E-state index in [9.17, 15) is 5.11 Å². The molecule has 2 aliphatic carbocycles. The normalized spacial score (nSPS) is 41.2. The van der Waals surface area contributed by atoms with E-state index in [1.807, 2.05) is 0 Å². The van der Waals surface area contributed by atoms with Crippen LogP contribution in [0.3, 0.4) is 0 Å². The number of rotatable bonds is 1. The van der Waals surface area contributed by atoms with Crippen LogP contribution in [0.4, 0.5) is 0 Å². The molecule has 0 aromatic heterocycles. The summed E-state index contributed by atoms with van der Waals surface area (Å²) >= 11 is 0. The molecule has 1 N–H and O–H groups in total. The molecule has 0 amide bonds. The number of hydrogen-bond donors (Lipinski definition) is 1. The summed E-state index contributed by atoms with van der Waals surface area (Å²) in [5.41, 5.74) is 2.04.